The van der Waals surface area contributed by atoms with Crippen LogP contribution in [0.3, 0.4) is 0 Å². The third-order valence-corrected chi connectivity index (χ3v) is 4.33. The van der Waals surface area contributed by atoms with Gasteiger partial charge in [-0.05, 0) is 42.5 Å². The monoisotopic (exact) mass is 315 g/mol. The number of nitrogens with one attached hydrogen (secondary N) is 1. The third-order valence-electron chi connectivity index (χ3n) is 2.79. The first kappa shape index (κ1) is 12.8. The minimum Gasteiger partial charge on any atom is -0.478 e. The molecule has 2 rings (SSSR count). The summed E-state index contributed by atoms with van der Waals surface area (Å²) in [6.07, 6.45) is 2.19. The lowest BCUT2D eigenvalue weighted by molar-refractivity contribution is 0.0698. The number of anilines is 1. The summed E-state index contributed by atoms with van der Waals surface area (Å²) < 4.78 is 0.791. The molecule has 92 valence electrons. The molecule has 1 aromatic carbocycles. The molecule has 1 fully saturated rings. The van der Waals surface area contributed by atoms with Crippen molar-refractivity contribution in [1.29, 1.82) is 0 Å². The van der Waals surface area contributed by atoms with Crippen LogP contribution >= 0.6 is 27.7 Å². The van der Waals surface area contributed by atoms with E-state index in [0.29, 0.717) is 11.6 Å². The Bertz CT molecular complexity index is 419. The van der Waals surface area contributed by atoms with Crippen LogP contribution < -0.4 is 5.32 Å². The van der Waals surface area contributed by atoms with Gasteiger partial charge in [-0.15, -0.1) is 0 Å². The normalized spacial score (nSPS) is 16.8. The van der Waals surface area contributed by atoms with E-state index >= 15 is 0 Å². The minimum atomic E-state index is -0.890. The van der Waals surface area contributed by atoms with Gasteiger partial charge in [-0.3, -0.25) is 0 Å². The Labute approximate surface area is 113 Å². The topological polar surface area (TPSA) is 49.3 Å². The van der Waals surface area contributed by atoms with Crippen LogP contribution in [0.4, 0.5) is 5.69 Å². The molecule has 0 saturated carbocycles. The van der Waals surface area contributed by atoms with Gasteiger partial charge in [-0.2, -0.15) is 11.8 Å². The van der Waals surface area contributed by atoms with E-state index in [4.69, 9.17) is 5.11 Å². The first-order valence-electron chi connectivity index (χ1n) is 5.54. The maximum absolute atomic E-state index is 11.2. The second-order valence-corrected chi connectivity index (χ2v) is 6.17. The quantitative estimate of drug-likeness (QED) is 0.897. The number of carboxylic acid groups (broad SMARTS) is 1. The molecule has 0 aromatic heterocycles. The van der Waals surface area contributed by atoms with E-state index in [1.54, 1.807) is 6.07 Å². The molecule has 1 aromatic rings. The van der Waals surface area contributed by atoms with Gasteiger partial charge < -0.3 is 10.4 Å². The van der Waals surface area contributed by atoms with E-state index in [1.165, 1.54) is 0 Å². The Hall–Kier alpha value is -0.680. The van der Waals surface area contributed by atoms with Crippen molar-refractivity contribution in [1.82, 2.24) is 0 Å². The van der Waals surface area contributed by atoms with Gasteiger partial charge in [0.1, 0.15) is 0 Å². The summed E-state index contributed by atoms with van der Waals surface area (Å²) in [5.74, 6) is 1.41. The number of aromatic carboxylic acids is 1. The molecule has 5 heteroatoms. The van der Waals surface area contributed by atoms with Gasteiger partial charge in [-0.25, -0.2) is 4.79 Å². The Morgan fingerprint density at radius 1 is 1.41 bits per heavy atom. The number of halogens is 1. The summed E-state index contributed by atoms with van der Waals surface area (Å²) in [6.45, 7) is 0. The zero-order valence-electron chi connectivity index (χ0n) is 9.28. The minimum absolute atomic E-state index is 0.331. The molecule has 0 amide bonds. The van der Waals surface area contributed by atoms with E-state index in [-0.39, 0.29) is 0 Å². The molecule has 0 unspecified atom stereocenters. The van der Waals surface area contributed by atoms with Crippen molar-refractivity contribution in [2.75, 3.05) is 16.8 Å². The van der Waals surface area contributed by atoms with Gasteiger partial charge in [0.05, 0.1) is 5.56 Å². The predicted molar refractivity (Wildman–Crippen MR) is 75.1 cm³/mol. The number of carbonyl (C=O) groups is 1. The van der Waals surface area contributed by atoms with Gasteiger partial charge in [0, 0.05) is 16.2 Å². The number of hydrogen-bond acceptors (Lipinski definition) is 3. The van der Waals surface area contributed by atoms with E-state index < -0.39 is 5.97 Å². The van der Waals surface area contributed by atoms with Gasteiger partial charge in [0.25, 0.3) is 0 Å². The van der Waals surface area contributed by atoms with E-state index in [9.17, 15) is 4.79 Å². The number of rotatable bonds is 3. The second-order valence-electron chi connectivity index (χ2n) is 4.03. The summed E-state index contributed by atoms with van der Waals surface area (Å²) in [7, 11) is 0. The van der Waals surface area contributed by atoms with Crippen LogP contribution in [-0.2, 0) is 0 Å². The van der Waals surface area contributed by atoms with E-state index in [2.05, 4.69) is 21.2 Å². The summed E-state index contributed by atoms with van der Waals surface area (Å²) in [6, 6.07) is 5.74. The summed E-state index contributed by atoms with van der Waals surface area (Å²) in [4.78, 5) is 11.2. The fraction of sp³-hybridized carbons (Fsp3) is 0.417. The van der Waals surface area contributed by atoms with Gasteiger partial charge in [0.15, 0.2) is 0 Å². The van der Waals surface area contributed by atoms with Gasteiger partial charge in [-0.1, -0.05) is 15.9 Å². The largest absolute Gasteiger partial charge is 0.478 e. The first-order valence-corrected chi connectivity index (χ1v) is 7.48. The first-order chi connectivity index (χ1) is 8.16. The standard InChI is InChI=1S/C12H14BrNO2S/c13-8-1-2-11(10(7-8)12(15)16)14-9-3-5-17-6-4-9/h1-2,7,9,14H,3-6H2,(H,15,16). The maximum atomic E-state index is 11.2. The van der Waals surface area contributed by atoms with E-state index in [1.807, 2.05) is 23.9 Å². The van der Waals surface area contributed by atoms with Crippen LogP contribution in [-0.4, -0.2) is 28.6 Å². The molecule has 2 N–H and O–H groups in total. The maximum Gasteiger partial charge on any atom is 0.337 e. The fourth-order valence-corrected chi connectivity index (χ4v) is 3.35. The van der Waals surface area contributed by atoms with Gasteiger partial charge in [0.2, 0.25) is 0 Å². The van der Waals surface area contributed by atoms with Crippen molar-refractivity contribution in [3.05, 3.63) is 28.2 Å². The molecule has 3 nitrogen and oxygen atoms in total. The lowest BCUT2D eigenvalue weighted by atomic mass is 10.1. The highest BCUT2D eigenvalue weighted by atomic mass is 79.9. The van der Waals surface area contributed by atoms with Crippen molar-refractivity contribution in [2.24, 2.45) is 0 Å². The molecule has 1 saturated heterocycles. The smallest absolute Gasteiger partial charge is 0.337 e. The summed E-state index contributed by atoms with van der Waals surface area (Å²) in [5.41, 5.74) is 1.05. The van der Waals surface area contributed by atoms with Crippen molar-refractivity contribution in [2.45, 2.75) is 18.9 Å². The van der Waals surface area contributed by atoms with Gasteiger partial charge >= 0.3 is 5.97 Å². The molecule has 0 atom stereocenters. The molecule has 0 spiro atoms. The number of benzene rings is 1. The van der Waals surface area contributed by atoms with Crippen LogP contribution in [0.1, 0.15) is 23.2 Å². The fourth-order valence-electron chi connectivity index (χ4n) is 1.88. The number of thioether (sulfide) groups is 1. The third kappa shape index (κ3) is 3.39. The second kappa shape index (κ2) is 5.78. The van der Waals surface area contributed by atoms with Crippen LogP contribution in [0.25, 0.3) is 0 Å². The zero-order chi connectivity index (χ0) is 12.3. The highest BCUT2D eigenvalue weighted by Gasteiger charge is 2.17. The van der Waals surface area contributed by atoms with E-state index in [0.717, 1.165) is 34.5 Å². The molecule has 1 aliphatic rings. The Balaban J connectivity index is 2.16. The SMILES string of the molecule is O=C(O)c1cc(Br)ccc1NC1CCSCC1. The molecule has 1 aliphatic heterocycles. The van der Waals surface area contributed by atoms with Crippen LogP contribution in [0.5, 0.6) is 0 Å². The lowest BCUT2D eigenvalue weighted by Gasteiger charge is -2.24. The Morgan fingerprint density at radius 2 is 2.12 bits per heavy atom. The molecular weight excluding hydrogens is 302 g/mol. The van der Waals surface area contributed by atoms with Crippen molar-refractivity contribution in [3.8, 4) is 0 Å². The molecule has 0 aliphatic carbocycles. The molecule has 0 bridgehead atoms. The van der Waals surface area contributed by atoms with Crippen molar-refractivity contribution >= 4 is 39.3 Å². The number of carboxylic acids is 1. The van der Waals surface area contributed by atoms with Crippen LogP contribution in [0, 0.1) is 0 Å². The van der Waals surface area contributed by atoms with Crippen molar-refractivity contribution < 1.29 is 9.90 Å². The average molecular weight is 316 g/mol. The van der Waals surface area contributed by atoms with Crippen LogP contribution in [0.15, 0.2) is 22.7 Å². The predicted octanol–water partition coefficient (Wildman–Crippen LogP) is 3.45. The molecule has 1 heterocycles. The summed E-state index contributed by atoms with van der Waals surface area (Å²) >= 11 is 5.25. The highest BCUT2D eigenvalue weighted by Crippen LogP contribution is 2.25. The molecule has 17 heavy (non-hydrogen) atoms. The Kier molecular flexibility index (Phi) is 4.34. The van der Waals surface area contributed by atoms with Crippen LogP contribution in [0.2, 0.25) is 0 Å². The van der Waals surface area contributed by atoms with Crippen molar-refractivity contribution in [3.63, 3.8) is 0 Å². The average Bonchev–Trinajstić information content (AvgIpc) is 2.32. The Morgan fingerprint density at radius 3 is 2.76 bits per heavy atom. The molecular formula is C12H14BrNO2S. The summed E-state index contributed by atoms with van der Waals surface area (Å²) in [5, 5.41) is 12.5. The number of hydrogen-bond donors (Lipinski definition) is 2. The molecule has 0 radical (unpaired) electrons. The zero-order valence-corrected chi connectivity index (χ0v) is 11.7. The lowest BCUT2D eigenvalue weighted by Crippen LogP contribution is -2.25. The highest BCUT2D eigenvalue weighted by molar-refractivity contribution is 9.10.